The summed E-state index contributed by atoms with van der Waals surface area (Å²) in [5, 5.41) is 33.3. The topological polar surface area (TPSA) is 69.9 Å². The fourth-order valence-corrected chi connectivity index (χ4v) is 4.82. The molecule has 0 saturated carbocycles. The van der Waals surface area contributed by atoms with E-state index in [2.05, 4.69) is 19.9 Å². The van der Waals surface area contributed by atoms with Crippen molar-refractivity contribution in [1.82, 2.24) is 0 Å². The first-order chi connectivity index (χ1) is 15.2. The molecule has 32 heavy (non-hydrogen) atoms. The maximum atomic E-state index is 11.4. The van der Waals surface area contributed by atoms with Gasteiger partial charge in [-0.3, -0.25) is 0 Å². The van der Waals surface area contributed by atoms with Gasteiger partial charge in [0.1, 0.15) is 12.4 Å². The van der Waals surface area contributed by atoms with Gasteiger partial charge in [-0.2, -0.15) is 0 Å². The first kappa shape index (κ1) is 24.2. The Labute approximate surface area is 192 Å². The number of aliphatic hydroxyl groups is 1. The molecule has 0 radical (unpaired) electrons. The van der Waals surface area contributed by atoms with E-state index < -0.39 is 5.60 Å². The lowest BCUT2D eigenvalue weighted by Crippen LogP contribution is -2.36. The monoisotopic (exact) mass is 438 g/mol. The number of aryl methyl sites for hydroxylation is 1. The van der Waals surface area contributed by atoms with Crippen molar-refractivity contribution >= 4 is 0 Å². The zero-order chi connectivity index (χ0) is 23.3. The third-order valence-corrected chi connectivity index (χ3v) is 6.61. The molecule has 0 heterocycles. The maximum Gasteiger partial charge on any atom is 0.165 e. The Hall–Kier alpha value is -2.46. The summed E-state index contributed by atoms with van der Waals surface area (Å²) < 4.78 is 6.17. The molecular weight excluding hydrogens is 400 g/mol. The van der Waals surface area contributed by atoms with E-state index in [-0.39, 0.29) is 23.3 Å². The lowest BCUT2D eigenvalue weighted by Gasteiger charge is -2.38. The predicted octanol–water partition coefficient (Wildman–Crippen LogP) is 6.62. The molecule has 2 aromatic rings. The minimum atomic E-state index is -0.939. The quantitative estimate of drug-likeness (QED) is 0.304. The highest BCUT2D eigenvalue weighted by molar-refractivity contribution is 5.60. The van der Waals surface area contributed by atoms with Crippen molar-refractivity contribution in [2.45, 2.75) is 84.3 Å². The number of rotatable bonds is 9. The molecule has 4 nitrogen and oxygen atoms in total. The first-order valence-corrected chi connectivity index (χ1v) is 11.9. The molecule has 0 fully saturated rings. The van der Waals surface area contributed by atoms with E-state index >= 15 is 0 Å². The van der Waals surface area contributed by atoms with Gasteiger partial charge < -0.3 is 20.1 Å². The molecule has 2 unspecified atom stereocenters. The molecule has 4 heteroatoms. The molecular formula is C28H38O4. The second-order valence-electron chi connectivity index (χ2n) is 9.72. The number of benzene rings is 2. The smallest absolute Gasteiger partial charge is 0.165 e. The van der Waals surface area contributed by atoms with E-state index in [0.29, 0.717) is 17.9 Å². The summed E-state index contributed by atoms with van der Waals surface area (Å²) in [6.45, 7) is 8.17. The Kier molecular flexibility index (Phi) is 7.89. The van der Waals surface area contributed by atoms with Crippen molar-refractivity contribution in [3.8, 4) is 17.2 Å². The average molecular weight is 439 g/mol. The van der Waals surface area contributed by atoms with Gasteiger partial charge >= 0.3 is 0 Å². The van der Waals surface area contributed by atoms with E-state index in [0.717, 1.165) is 49.7 Å². The van der Waals surface area contributed by atoms with Crippen molar-refractivity contribution in [2.24, 2.45) is 5.92 Å². The van der Waals surface area contributed by atoms with Gasteiger partial charge in [-0.25, -0.2) is 0 Å². The predicted molar refractivity (Wildman–Crippen MR) is 129 cm³/mol. The normalized spacial score (nSPS) is 19.0. The highest BCUT2D eigenvalue weighted by Gasteiger charge is 2.39. The van der Waals surface area contributed by atoms with Crippen LogP contribution in [0.25, 0.3) is 0 Å². The molecule has 3 rings (SSSR count). The van der Waals surface area contributed by atoms with Crippen LogP contribution in [0.1, 0.15) is 82.4 Å². The minimum Gasteiger partial charge on any atom is -0.507 e. The lowest BCUT2D eigenvalue weighted by molar-refractivity contribution is 0.00415. The fraction of sp³-hybridized carbons (Fsp3) is 0.500. The van der Waals surface area contributed by atoms with Gasteiger partial charge in [0.2, 0.25) is 0 Å². The van der Waals surface area contributed by atoms with E-state index in [1.807, 2.05) is 30.3 Å². The van der Waals surface area contributed by atoms with Crippen molar-refractivity contribution < 1.29 is 20.1 Å². The molecule has 174 valence electrons. The van der Waals surface area contributed by atoms with Crippen molar-refractivity contribution in [1.29, 1.82) is 0 Å². The third-order valence-electron chi connectivity index (χ3n) is 6.61. The van der Waals surface area contributed by atoms with Crippen molar-refractivity contribution in [2.75, 3.05) is 0 Å². The molecule has 0 amide bonds. The molecule has 0 spiro atoms. The molecule has 1 aliphatic rings. The number of phenols is 2. The van der Waals surface area contributed by atoms with Crippen molar-refractivity contribution in [3.05, 3.63) is 64.7 Å². The van der Waals surface area contributed by atoms with E-state index in [9.17, 15) is 15.3 Å². The van der Waals surface area contributed by atoms with Crippen LogP contribution >= 0.6 is 0 Å². The average Bonchev–Trinajstić information content (AvgIpc) is 2.73. The van der Waals surface area contributed by atoms with E-state index in [4.69, 9.17) is 4.74 Å². The first-order valence-electron chi connectivity index (χ1n) is 11.9. The molecule has 3 N–H and O–H groups in total. The zero-order valence-corrected chi connectivity index (χ0v) is 19.9. The van der Waals surface area contributed by atoms with Gasteiger partial charge in [-0.05, 0) is 64.0 Å². The summed E-state index contributed by atoms with van der Waals surface area (Å²) >= 11 is 0. The van der Waals surface area contributed by atoms with Gasteiger partial charge in [0.25, 0.3) is 0 Å². The minimum absolute atomic E-state index is 0.00219. The molecule has 2 aromatic carbocycles. The van der Waals surface area contributed by atoms with Gasteiger partial charge in [-0.1, -0.05) is 61.7 Å². The van der Waals surface area contributed by atoms with Gasteiger partial charge in [0.15, 0.2) is 11.5 Å². The molecule has 0 saturated heterocycles. The summed E-state index contributed by atoms with van der Waals surface area (Å²) in [7, 11) is 0. The van der Waals surface area contributed by atoms with Crippen LogP contribution in [0.3, 0.4) is 0 Å². The Morgan fingerprint density at radius 1 is 1.09 bits per heavy atom. The van der Waals surface area contributed by atoms with Crippen LogP contribution in [0.4, 0.5) is 0 Å². The zero-order valence-electron chi connectivity index (χ0n) is 19.9. The Bertz CT molecular complexity index is 925. The molecule has 2 atom stereocenters. The second kappa shape index (κ2) is 10.4. The summed E-state index contributed by atoms with van der Waals surface area (Å²) in [5.74, 6) is 0.121. The number of allylic oxidation sites excluding steroid dienone is 2. The second-order valence-corrected chi connectivity index (χ2v) is 9.72. The number of phenolic OH excluding ortho intramolecular Hbond substituents is 2. The standard InChI is InChI=1S/C28H38O4/c1-5-6-8-13-21-17-24(29)25(22-16-19(2)14-15-23(22)28(3,4)31)26(30)27(21)32-18-20-11-9-7-10-12-20/h7,9-12,16-17,22-23,29-31H,5-6,8,13-15,18H2,1-4H3. The van der Waals surface area contributed by atoms with Crippen LogP contribution < -0.4 is 4.74 Å². The highest BCUT2D eigenvalue weighted by Crippen LogP contribution is 2.51. The molecule has 0 aromatic heterocycles. The molecule has 1 aliphatic carbocycles. The van der Waals surface area contributed by atoms with Crippen LogP contribution in [-0.2, 0) is 13.0 Å². The molecule has 0 aliphatic heterocycles. The largest absolute Gasteiger partial charge is 0.507 e. The summed E-state index contributed by atoms with van der Waals surface area (Å²) in [5.41, 5.74) is 2.56. The Morgan fingerprint density at radius 3 is 2.47 bits per heavy atom. The van der Waals surface area contributed by atoms with Gasteiger partial charge in [0, 0.05) is 17.0 Å². The highest BCUT2D eigenvalue weighted by atomic mass is 16.5. The van der Waals surface area contributed by atoms with Crippen LogP contribution in [0.15, 0.2) is 48.0 Å². The van der Waals surface area contributed by atoms with Crippen LogP contribution in [0.2, 0.25) is 0 Å². The lowest BCUT2D eigenvalue weighted by atomic mass is 9.69. The Morgan fingerprint density at radius 2 is 1.81 bits per heavy atom. The van der Waals surface area contributed by atoms with Crippen LogP contribution in [-0.4, -0.2) is 20.9 Å². The SMILES string of the molecule is CCCCCc1cc(O)c(C2C=C(C)CCC2C(C)(C)O)c(O)c1OCc1ccccc1. The number of aromatic hydroxyl groups is 2. The van der Waals surface area contributed by atoms with Gasteiger partial charge in [0.05, 0.1) is 5.60 Å². The summed E-state index contributed by atoms with van der Waals surface area (Å²) in [6, 6.07) is 11.6. The number of ether oxygens (including phenoxy) is 1. The third kappa shape index (κ3) is 5.66. The summed E-state index contributed by atoms with van der Waals surface area (Å²) in [6.07, 6.45) is 7.65. The van der Waals surface area contributed by atoms with Crippen LogP contribution in [0, 0.1) is 5.92 Å². The maximum absolute atomic E-state index is 11.4. The number of hydrogen-bond acceptors (Lipinski definition) is 4. The van der Waals surface area contributed by atoms with E-state index in [1.54, 1.807) is 19.9 Å². The van der Waals surface area contributed by atoms with E-state index in [1.165, 1.54) is 5.57 Å². The summed E-state index contributed by atoms with van der Waals surface area (Å²) in [4.78, 5) is 0. The van der Waals surface area contributed by atoms with Crippen LogP contribution in [0.5, 0.6) is 17.2 Å². The van der Waals surface area contributed by atoms with Crippen molar-refractivity contribution in [3.63, 3.8) is 0 Å². The van der Waals surface area contributed by atoms with Gasteiger partial charge in [-0.15, -0.1) is 0 Å². The Balaban J connectivity index is 2.05. The fourth-order valence-electron chi connectivity index (χ4n) is 4.82. The molecule has 0 bridgehead atoms. The number of unbranched alkanes of at least 4 members (excludes halogenated alkanes) is 2. The number of hydrogen-bond donors (Lipinski definition) is 3.